The molecule has 1 aliphatic carbocycles. The molecule has 24 heavy (non-hydrogen) atoms. The maximum absolute atomic E-state index is 11.9. The van der Waals surface area contributed by atoms with Gasteiger partial charge in [0.2, 0.25) is 11.8 Å². The monoisotopic (exact) mass is 338 g/mol. The lowest BCUT2D eigenvalue weighted by molar-refractivity contribution is -0.150. The zero-order chi connectivity index (χ0) is 17.7. The maximum atomic E-state index is 11.9. The fraction of sp³-hybridized carbons (Fsp3) is 0.765. The Hall–Kier alpha value is -1.92. The summed E-state index contributed by atoms with van der Waals surface area (Å²) in [5, 5.41) is 2.93. The van der Waals surface area contributed by atoms with Crippen LogP contribution in [0.4, 0.5) is 0 Å². The lowest BCUT2D eigenvalue weighted by Crippen LogP contribution is -2.45. The van der Waals surface area contributed by atoms with Crippen molar-refractivity contribution in [3.8, 4) is 0 Å². The molecule has 3 amide bonds. The molecular weight excluding hydrogens is 312 g/mol. The number of esters is 1. The molecule has 0 unspecified atom stereocenters. The highest BCUT2D eigenvalue weighted by molar-refractivity contribution is 6.02. The summed E-state index contributed by atoms with van der Waals surface area (Å²) in [5.41, 5.74) is 0. The Kier molecular flexibility index (Phi) is 6.34. The predicted molar refractivity (Wildman–Crippen MR) is 85.6 cm³/mol. The summed E-state index contributed by atoms with van der Waals surface area (Å²) in [6.45, 7) is 4.02. The molecule has 1 saturated heterocycles. The molecule has 0 aromatic rings. The molecule has 1 aliphatic heterocycles. The third-order valence-corrected chi connectivity index (χ3v) is 5.11. The standard InChI is InChI=1S/C17H26N2O5/c1-11-4-3-5-13(12(11)2)18-14(20)10-24-17(23)8-9-19-15(21)6-7-16(19)22/h11-13H,3-10H2,1-2H3,(H,18,20)/t11-,12-,13+/m1/s1. The van der Waals surface area contributed by atoms with Crippen molar-refractivity contribution in [1.82, 2.24) is 10.2 Å². The van der Waals surface area contributed by atoms with Gasteiger partial charge in [0.1, 0.15) is 0 Å². The van der Waals surface area contributed by atoms with Crippen molar-refractivity contribution < 1.29 is 23.9 Å². The first-order valence-electron chi connectivity index (χ1n) is 8.66. The maximum Gasteiger partial charge on any atom is 0.308 e. The molecule has 134 valence electrons. The number of nitrogens with one attached hydrogen (secondary N) is 1. The van der Waals surface area contributed by atoms with E-state index in [-0.39, 0.29) is 56.2 Å². The first-order chi connectivity index (χ1) is 11.4. The van der Waals surface area contributed by atoms with Gasteiger partial charge in [-0.05, 0) is 18.3 Å². The van der Waals surface area contributed by atoms with E-state index in [1.807, 2.05) is 0 Å². The van der Waals surface area contributed by atoms with Crippen LogP contribution in [0.25, 0.3) is 0 Å². The Morgan fingerprint density at radius 1 is 1.17 bits per heavy atom. The van der Waals surface area contributed by atoms with E-state index in [4.69, 9.17) is 4.74 Å². The number of likely N-dealkylation sites (tertiary alicyclic amines) is 1. The quantitative estimate of drug-likeness (QED) is 0.576. The van der Waals surface area contributed by atoms with Gasteiger partial charge in [-0.15, -0.1) is 0 Å². The summed E-state index contributed by atoms with van der Waals surface area (Å²) < 4.78 is 4.94. The summed E-state index contributed by atoms with van der Waals surface area (Å²) in [6.07, 6.45) is 3.54. The van der Waals surface area contributed by atoms with E-state index in [9.17, 15) is 19.2 Å². The number of hydrogen-bond donors (Lipinski definition) is 1. The molecule has 3 atom stereocenters. The SMILES string of the molecule is C[C@@H]1[C@H](C)CCC[C@@H]1NC(=O)COC(=O)CCN1C(=O)CCC1=O. The van der Waals surface area contributed by atoms with Gasteiger partial charge >= 0.3 is 5.97 Å². The van der Waals surface area contributed by atoms with E-state index >= 15 is 0 Å². The molecule has 0 spiro atoms. The lowest BCUT2D eigenvalue weighted by Gasteiger charge is -2.34. The Morgan fingerprint density at radius 3 is 2.50 bits per heavy atom. The third kappa shape index (κ3) is 4.79. The Labute approximate surface area is 142 Å². The van der Waals surface area contributed by atoms with Gasteiger partial charge in [0, 0.05) is 25.4 Å². The number of imide groups is 1. The lowest BCUT2D eigenvalue weighted by atomic mass is 9.78. The van der Waals surface area contributed by atoms with Crippen LogP contribution >= 0.6 is 0 Å². The Morgan fingerprint density at radius 2 is 1.83 bits per heavy atom. The van der Waals surface area contributed by atoms with Crippen LogP contribution in [0.1, 0.15) is 52.4 Å². The fourth-order valence-electron chi connectivity index (χ4n) is 3.33. The number of ether oxygens (including phenoxy) is 1. The molecule has 0 radical (unpaired) electrons. The summed E-state index contributed by atoms with van der Waals surface area (Å²) in [6, 6.07) is 0.125. The van der Waals surface area contributed by atoms with Gasteiger partial charge in [-0.3, -0.25) is 24.1 Å². The minimum atomic E-state index is -0.581. The van der Waals surface area contributed by atoms with E-state index in [2.05, 4.69) is 19.2 Å². The molecule has 1 heterocycles. The van der Waals surface area contributed by atoms with E-state index in [1.165, 1.54) is 6.42 Å². The number of nitrogens with zero attached hydrogens (tertiary/aromatic N) is 1. The van der Waals surface area contributed by atoms with Crippen molar-refractivity contribution >= 4 is 23.7 Å². The van der Waals surface area contributed by atoms with Crippen LogP contribution in [0, 0.1) is 11.8 Å². The van der Waals surface area contributed by atoms with Gasteiger partial charge in [0.25, 0.3) is 5.91 Å². The molecular formula is C17H26N2O5. The van der Waals surface area contributed by atoms with Crippen LogP contribution in [-0.4, -0.2) is 47.8 Å². The molecule has 2 aliphatic rings. The first-order valence-corrected chi connectivity index (χ1v) is 8.66. The van der Waals surface area contributed by atoms with Gasteiger partial charge in [-0.25, -0.2) is 0 Å². The van der Waals surface area contributed by atoms with Gasteiger partial charge in [0.15, 0.2) is 6.61 Å². The highest BCUT2D eigenvalue weighted by Crippen LogP contribution is 2.29. The van der Waals surface area contributed by atoms with Crippen LogP contribution < -0.4 is 5.32 Å². The van der Waals surface area contributed by atoms with Crippen molar-refractivity contribution in [3.05, 3.63) is 0 Å². The van der Waals surface area contributed by atoms with Crippen molar-refractivity contribution in [2.75, 3.05) is 13.2 Å². The molecule has 1 N–H and O–H groups in total. The van der Waals surface area contributed by atoms with Crippen LogP contribution in [0.3, 0.4) is 0 Å². The first kappa shape index (κ1) is 18.4. The highest BCUT2D eigenvalue weighted by atomic mass is 16.5. The summed E-state index contributed by atoms with van der Waals surface area (Å²) >= 11 is 0. The van der Waals surface area contributed by atoms with Gasteiger partial charge in [0.05, 0.1) is 6.42 Å². The molecule has 0 aromatic carbocycles. The average Bonchev–Trinajstić information content (AvgIpc) is 2.86. The summed E-state index contributed by atoms with van der Waals surface area (Å²) in [5.74, 6) is -0.421. The zero-order valence-electron chi connectivity index (χ0n) is 14.4. The topological polar surface area (TPSA) is 92.8 Å². The molecule has 0 bridgehead atoms. The van der Waals surface area contributed by atoms with Gasteiger partial charge in [-0.2, -0.15) is 0 Å². The summed E-state index contributed by atoms with van der Waals surface area (Å²) in [7, 11) is 0. The predicted octanol–water partition coefficient (Wildman–Crippen LogP) is 1.01. The van der Waals surface area contributed by atoms with Crippen molar-refractivity contribution in [2.24, 2.45) is 11.8 Å². The van der Waals surface area contributed by atoms with Gasteiger partial charge < -0.3 is 10.1 Å². The van der Waals surface area contributed by atoms with Crippen LogP contribution in [0.2, 0.25) is 0 Å². The van der Waals surface area contributed by atoms with Crippen molar-refractivity contribution in [3.63, 3.8) is 0 Å². The minimum absolute atomic E-state index is 0.0231. The normalized spacial score (nSPS) is 27.2. The molecule has 2 rings (SSSR count). The van der Waals surface area contributed by atoms with E-state index in [1.54, 1.807) is 0 Å². The zero-order valence-corrected chi connectivity index (χ0v) is 14.4. The molecule has 7 heteroatoms. The van der Waals surface area contributed by atoms with E-state index in [0.717, 1.165) is 17.7 Å². The largest absolute Gasteiger partial charge is 0.456 e. The highest BCUT2D eigenvalue weighted by Gasteiger charge is 2.30. The smallest absolute Gasteiger partial charge is 0.308 e. The molecule has 7 nitrogen and oxygen atoms in total. The second-order valence-electron chi connectivity index (χ2n) is 6.79. The average molecular weight is 338 g/mol. The minimum Gasteiger partial charge on any atom is -0.456 e. The number of amides is 3. The van der Waals surface area contributed by atoms with Gasteiger partial charge in [-0.1, -0.05) is 26.7 Å². The molecule has 0 aromatic heterocycles. The second kappa shape index (κ2) is 8.26. The van der Waals surface area contributed by atoms with Crippen LogP contribution in [-0.2, 0) is 23.9 Å². The number of carbonyl (C=O) groups is 4. The third-order valence-electron chi connectivity index (χ3n) is 5.11. The van der Waals surface area contributed by atoms with E-state index in [0.29, 0.717) is 11.8 Å². The number of rotatable bonds is 6. The van der Waals surface area contributed by atoms with Crippen LogP contribution in [0.15, 0.2) is 0 Å². The fourth-order valence-corrected chi connectivity index (χ4v) is 3.33. The molecule has 2 fully saturated rings. The van der Waals surface area contributed by atoms with Crippen LogP contribution in [0.5, 0.6) is 0 Å². The van der Waals surface area contributed by atoms with E-state index < -0.39 is 5.97 Å². The Bertz CT molecular complexity index is 503. The Balaban J connectivity index is 1.67. The summed E-state index contributed by atoms with van der Waals surface area (Å²) in [4.78, 5) is 47.5. The van der Waals surface area contributed by atoms with Crippen molar-refractivity contribution in [2.45, 2.75) is 58.4 Å². The number of hydrogen-bond acceptors (Lipinski definition) is 5. The van der Waals surface area contributed by atoms with Crippen molar-refractivity contribution in [1.29, 1.82) is 0 Å². The number of carbonyl (C=O) groups excluding carboxylic acids is 4. The second-order valence-corrected chi connectivity index (χ2v) is 6.79. The molecule has 1 saturated carbocycles.